The van der Waals surface area contributed by atoms with Gasteiger partial charge in [-0.25, -0.2) is 4.98 Å². The van der Waals surface area contributed by atoms with Crippen molar-refractivity contribution in [3.63, 3.8) is 0 Å². The van der Waals surface area contributed by atoms with E-state index in [9.17, 15) is 4.79 Å². The molecule has 1 aromatic heterocycles. The van der Waals surface area contributed by atoms with E-state index in [0.29, 0.717) is 13.0 Å². The SMILES string of the molecule is Cc1nc(CCCC(=O)NCC(C)(C)N)cs1. The van der Waals surface area contributed by atoms with E-state index in [1.165, 1.54) is 0 Å². The number of nitrogens with zero attached hydrogens (tertiary/aromatic N) is 1. The minimum atomic E-state index is -0.346. The number of amides is 1. The molecule has 1 rings (SSSR count). The Morgan fingerprint density at radius 2 is 2.29 bits per heavy atom. The van der Waals surface area contributed by atoms with Gasteiger partial charge < -0.3 is 11.1 Å². The van der Waals surface area contributed by atoms with Crippen molar-refractivity contribution < 1.29 is 4.79 Å². The average molecular weight is 255 g/mol. The highest BCUT2D eigenvalue weighted by Gasteiger charge is 2.11. The second-order valence-corrected chi connectivity index (χ2v) is 6.04. The Bertz CT molecular complexity index is 368. The zero-order valence-corrected chi connectivity index (χ0v) is 11.6. The van der Waals surface area contributed by atoms with Gasteiger partial charge in [-0.1, -0.05) is 0 Å². The lowest BCUT2D eigenvalue weighted by Gasteiger charge is -2.18. The number of aromatic nitrogens is 1. The first kappa shape index (κ1) is 14.1. The van der Waals surface area contributed by atoms with Crippen molar-refractivity contribution >= 4 is 17.2 Å². The molecule has 0 aliphatic heterocycles. The van der Waals surface area contributed by atoms with Crippen molar-refractivity contribution in [1.29, 1.82) is 0 Å². The lowest BCUT2D eigenvalue weighted by molar-refractivity contribution is -0.121. The molecule has 4 nitrogen and oxygen atoms in total. The third kappa shape index (κ3) is 6.38. The third-order valence-electron chi connectivity index (χ3n) is 2.24. The summed E-state index contributed by atoms with van der Waals surface area (Å²) in [6.45, 7) is 6.29. The molecule has 0 aliphatic carbocycles. The van der Waals surface area contributed by atoms with Crippen LogP contribution in [0.1, 0.15) is 37.4 Å². The first-order valence-corrected chi connectivity index (χ1v) is 6.71. The van der Waals surface area contributed by atoms with Crippen LogP contribution in [0.5, 0.6) is 0 Å². The van der Waals surface area contributed by atoms with Crippen LogP contribution in [0.2, 0.25) is 0 Å². The number of nitrogens with two attached hydrogens (primary N) is 1. The normalized spacial score (nSPS) is 11.5. The van der Waals surface area contributed by atoms with Gasteiger partial charge in [0.15, 0.2) is 0 Å². The summed E-state index contributed by atoms with van der Waals surface area (Å²) < 4.78 is 0. The molecule has 96 valence electrons. The van der Waals surface area contributed by atoms with Crippen molar-refractivity contribution in [3.05, 3.63) is 16.1 Å². The molecule has 0 unspecified atom stereocenters. The number of carbonyl (C=O) groups is 1. The van der Waals surface area contributed by atoms with Gasteiger partial charge in [0.25, 0.3) is 0 Å². The van der Waals surface area contributed by atoms with E-state index in [0.717, 1.165) is 23.5 Å². The Balaban J connectivity index is 2.16. The summed E-state index contributed by atoms with van der Waals surface area (Å²) in [5.74, 6) is 0.0653. The molecule has 17 heavy (non-hydrogen) atoms. The van der Waals surface area contributed by atoms with Gasteiger partial charge in [0, 0.05) is 23.9 Å². The Kier molecular flexibility index (Phi) is 5.08. The van der Waals surface area contributed by atoms with Crippen LogP contribution in [0.25, 0.3) is 0 Å². The van der Waals surface area contributed by atoms with E-state index in [4.69, 9.17) is 5.73 Å². The predicted octanol–water partition coefficient (Wildman–Crippen LogP) is 1.63. The van der Waals surface area contributed by atoms with Gasteiger partial charge in [-0.2, -0.15) is 0 Å². The van der Waals surface area contributed by atoms with Crippen LogP contribution >= 0.6 is 11.3 Å². The number of aryl methyl sites for hydroxylation is 2. The van der Waals surface area contributed by atoms with Crippen LogP contribution in [0.4, 0.5) is 0 Å². The lowest BCUT2D eigenvalue weighted by atomic mass is 10.1. The van der Waals surface area contributed by atoms with E-state index < -0.39 is 0 Å². The summed E-state index contributed by atoms with van der Waals surface area (Å²) in [4.78, 5) is 15.9. The van der Waals surface area contributed by atoms with Gasteiger partial charge in [-0.3, -0.25) is 4.79 Å². The van der Waals surface area contributed by atoms with Gasteiger partial charge in [0.05, 0.1) is 10.7 Å². The maximum Gasteiger partial charge on any atom is 0.220 e. The summed E-state index contributed by atoms with van der Waals surface area (Å²) in [7, 11) is 0. The summed E-state index contributed by atoms with van der Waals surface area (Å²) in [6.07, 6.45) is 2.23. The fraction of sp³-hybridized carbons (Fsp3) is 0.667. The summed E-state index contributed by atoms with van der Waals surface area (Å²) >= 11 is 1.65. The van der Waals surface area contributed by atoms with Crippen molar-refractivity contribution in [2.45, 2.75) is 45.6 Å². The zero-order valence-electron chi connectivity index (χ0n) is 10.7. The van der Waals surface area contributed by atoms with Crippen LogP contribution in [0.15, 0.2) is 5.38 Å². The molecule has 0 spiro atoms. The van der Waals surface area contributed by atoms with Crippen molar-refractivity contribution in [2.24, 2.45) is 5.73 Å². The van der Waals surface area contributed by atoms with Crippen LogP contribution in [-0.2, 0) is 11.2 Å². The van der Waals surface area contributed by atoms with Gasteiger partial charge >= 0.3 is 0 Å². The van der Waals surface area contributed by atoms with Crippen LogP contribution < -0.4 is 11.1 Å². The van der Waals surface area contributed by atoms with Gasteiger partial charge in [-0.05, 0) is 33.6 Å². The quantitative estimate of drug-likeness (QED) is 0.812. The number of hydrogen-bond donors (Lipinski definition) is 2. The minimum absolute atomic E-state index is 0.0653. The summed E-state index contributed by atoms with van der Waals surface area (Å²) in [5.41, 5.74) is 6.52. The molecule has 0 aromatic carbocycles. The van der Waals surface area contributed by atoms with E-state index in [-0.39, 0.29) is 11.4 Å². The molecule has 0 aliphatic rings. The van der Waals surface area contributed by atoms with Gasteiger partial charge in [0.1, 0.15) is 0 Å². The number of nitrogens with one attached hydrogen (secondary N) is 1. The largest absolute Gasteiger partial charge is 0.354 e. The van der Waals surface area contributed by atoms with E-state index >= 15 is 0 Å². The van der Waals surface area contributed by atoms with Crippen molar-refractivity contribution in [3.8, 4) is 0 Å². The fourth-order valence-electron chi connectivity index (χ4n) is 1.37. The molecular formula is C12H21N3OS. The highest BCUT2D eigenvalue weighted by molar-refractivity contribution is 7.09. The second kappa shape index (κ2) is 6.12. The Hall–Kier alpha value is -0.940. The first-order chi connectivity index (χ1) is 7.87. The molecule has 0 saturated heterocycles. The topological polar surface area (TPSA) is 68.0 Å². The highest BCUT2D eigenvalue weighted by atomic mass is 32.1. The van der Waals surface area contributed by atoms with E-state index in [2.05, 4.69) is 15.7 Å². The first-order valence-electron chi connectivity index (χ1n) is 5.83. The summed E-state index contributed by atoms with van der Waals surface area (Å²) in [5, 5.41) is 5.96. The van der Waals surface area contributed by atoms with Crippen molar-refractivity contribution in [1.82, 2.24) is 10.3 Å². The Morgan fingerprint density at radius 3 is 2.82 bits per heavy atom. The molecule has 0 fully saturated rings. The molecule has 3 N–H and O–H groups in total. The molecule has 0 saturated carbocycles. The Labute approximate surface area is 107 Å². The van der Waals surface area contributed by atoms with Crippen LogP contribution in [-0.4, -0.2) is 23.0 Å². The smallest absolute Gasteiger partial charge is 0.220 e. The molecule has 0 radical (unpaired) electrons. The molecule has 5 heteroatoms. The zero-order chi connectivity index (χ0) is 12.9. The number of hydrogen-bond acceptors (Lipinski definition) is 4. The maximum absolute atomic E-state index is 11.5. The molecule has 0 atom stereocenters. The predicted molar refractivity (Wildman–Crippen MR) is 71.1 cm³/mol. The van der Waals surface area contributed by atoms with E-state index in [1.54, 1.807) is 11.3 Å². The minimum Gasteiger partial charge on any atom is -0.354 e. The van der Waals surface area contributed by atoms with E-state index in [1.807, 2.05) is 20.8 Å². The van der Waals surface area contributed by atoms with Crippen molar-refractivity contribution in [2.75, 3.05) is 6.54 Å². The number of thiazole rings is 1. The van der Waals surface area contributed by atoms with Gasteiger partial charge in [-0.15, -0.1) is 11.3 Å². The van der Waals surface area contributed by atoms with Crippen LogP contribution in [0, 0.1) is 6.92 Å². The molecule has 1 aromatic rings. The number of carbonyl (C=O) groups excluding carboxylic acids is 1. The molecule has 1 heterocycles. The van der Waals surface area contributed by atoms with Crippen LogP contribution in [0.3, 0.4) is 0 Å². The molecule has 0 bridgehead atoms. The standard InChI is InChI=1S/C12H21N3OS/c1-9-15-10(7-17-9)5-4-6-11(16)14-8-12(2,3)13/h7H,4-6,8,13H2,1-3H3,(H,14,16). The third-order valence-corrected chi connectivity index (χ3v) is 3.07. The summed E-state index contributed by atoms with van der Waals surface area (Å²) in [6, 6.07) is 0. The fourth-order valence-corrected chi connectivity index (χ4v) is 2.02. The molecule has 1 amide bonds. The lowest BCUT2D eigenvalue weighted by Crippen LogP contribution is -2.45. The molecular weight excluding hydrogens is 234 g/mol. The average Bonchev–Trinajstić information content (AvgIpc) is 2.60. The second-order valence-electron chi connectivity index (χ2n) is 4.98. The number of rotatable bonds is 6. The van der Waals surface area contributed by atoms with Gasteiger partial charge in [0.2, 0.25) is 5.91 Å². The highest BCUT2D eigenvalue weighted by Crippen LogP contribution is 2.10. The monoisotopic (exact) mass is 255 g/mol. The Morgan fingerprint density at radius 1 is 1.59 bits per heavy atom. The maximum atomic E-state index is 11.5.